The second kappa shape index (κ2) is 7.81. The summed E-state index contributed by atoms with van der Waals surface area (Å²) < 4.78 is 2.70. The van der Waals surface area contributed by atoms with Crippen LogP contribution in [0.1, 0.15) is 17.5 Å². The topological polar surface area (TPSA) is 54.5 Å². The fourth-order valence-electron chi connectivity index (χ4n) is 2.88. The van der Waals surface area contributed by atoms with Crippen LogP contribution in [0.3, 0.4) is 0 Å². The van der Waals surface area contributed by atoms with Crippen molar-refractivity contribution in [3.63, 3.8) is 0 Å². The fraction of sp³-hybridized carbons (Fsp3) is 0.211. The lowest BCUT2D eigenvalue weighted by molar-refractivity contribution is 0.402. The fourth-order valence-corrected chi connectivity index (χ4v) is 3.36. The molecule has 0 spiro atoms. The molecule has 0 aliphatic heterocycles. The molecule has 0 N–H and O–H groups in total. The number of benzene rings is 2. The number of halogens is 2. The van der Waals surface area contributed by atoms with E-state index in [1.165, 1.54) is 6.33 Å². The standard InChI is InChI=1S/C19H16BrClN4/c20-17-6-4-16(5-7-17)19(11-22,12-25-14-23-13-24-25)9-8-15-2-1-3-18(21)10-15/h1-7,10,13-14H,8-9,12H2. The lowest BCUT2D eigenvalue weighted by atomic mass is 9.77. The van der Waals surface area contributed by atoms with Crippen LogP contribution in [0.4, 0.5) is 0 Å². The summed E-state index contributed by atoms with van der Waals surface area (Å²) in [6.07, 6.45) is 4.54. The molecular weight excluding hydrogens is 400 g/mol. The minimum Gasteiger partial charge on any atom is -0.251 e. The molecule has 0 amide bonds. The summed E-state index contributed by atoms with van der Waals surface area (Å²) in [5.74, 6) is 0. The molecule has 0 aliphatic carbocycles. The summed E-state index contributed by atoms with van der Waals surface area (Å²) in [4.78, 5) is 4.00. The third kappa shape index (κ3) is 4.28. The number of aromatic nitrogens is 3. The average molecular weight is 416 g/mol. The molecular formula is C19H16BrClN4. The summed E-state index contributed by atoms with van der Waals surface area (Å²) in [6, 6.07) is 18.2. The molecule has 6 heteroatoms. The second-order valence-electron chi connectivity index (χ2n) is 5.92. The van der Waals surface area contributed by atoms with Crippen LogP contribution < -0.4 is 0 Å². The zero-order valence-electron chi connectivity index (χ0n) is 13.4. The largest absolute Gasteiger partial charge is 0.251 e. The Balaban J connectivity index is 1.92. The monoisotopic (exact) mass is 414 g/mol. The van der Waals surface area contributed by atoms with E-state index in [2.05, 4.69) is 32.1 Å². The van der Waals surface area contributed by atoms with Crippen molar-refractivity contribution in [1.82, 2.24) is 14.8 Å². The molecule has 4 nitrogen and oxygen atoms in total. The summed E-state index contributed by atoms with van der Waals surface area (Å²) in [5, 5.41) is 15.0. The maximum atomic E-state index is 10.1. The van der Waals surface area contributed by atoms with Crippen LogP contribution >= 0.6 is 27.5 Å². The molecule has 126 valence electrons. The van der Waals surface area contributed by atoms with Gasteiger partial charge in [-0.05, 0) is 48.2 Å². The van der Waals surface area contributed by atoms with Crippen molar-refractivity contribution in [2.45, 2.75) is 24.8 Å². The summed E-state index contributed by atoms with van der Waals surface area (Å²) in [5.41, 5.74) is 1.38. The molecule has 0 radical (unpaired) electrons. The molecule has 0 saturated carbocycles. The first-order chi connectivity index (χ1) is 12.1. The number of rotatable bonds is 6. The van der Waals surface area contributed by atoms with Gasteiger partial charge in [-0.15, -0.1) is 0 Å². The Kier molecular flexibility index (Phi) is 5.52. The van der Waals surface area contributed by atoms with E-state index in [0.29, 0.717) is 18.0 Å². The lowest BCUT2D eigenvalue weighted by Gasteiger charge is -2.27. The van der Waals surface area contributed by atoms with Crippen LogP contribution in [0.5, 0.6) is 0 Å². The van der Waals surface area contributed by atoms with E-state index in [0.717, 1.165) is 22.0 Å². The third-order valence-electron chi connectivity index (χ3n) is 4.24. The van der Waals surface area contributed by atoms with Gasteiger partial charge in [0, 0.05) is 9.50 Å². The molecule has 1 aromatic heterocycles. The van der Waals surface area contributed by atoms with Crippen molar-refractivity contribution >= 4 is 27.5 Å². The molecule has 3 rings (SSSR count). The van der Waals surface area contributed by atoms with E-state index < -0.39 is 5.41 Å². The number of aryl methyl sites for hydroxylation is 1. The Bertz CT molecular complexity index is 871. The minimum absolute atomic E-state index is 0.450. The molecule has 1 heterocycles. The highest BCUT2D eigenvalue weighted by Crippen LogP contribution is 2.32. The first kappa shape index (κ1) is 17.7. The van der Waals surface area contributed by atoms with Gasteiger partial charge in [0.05, 0.1) is 12.6 Å². The minimum atomic E-state index is -0.698. The highest BCUT2D eigenvalue weighted by Gasteiger charge is 2.33. The average Bonchev–Trinajstić information content (AvgIpc) is 3.12. The van der Waals surface area contributed by atoms with Gasteiger partial charge < -0.3 is 0 Å². The molecule has 1 unspecified atom stereocenters. The first-order valence-electron chi connectivity index (χ1n) is 7.85. The van der Waals surface area contributed by atoms with Gasteiger partial charge in [-0.1, -0.05) is 51.8 Å². The highest BCUT2D eigenvalue weighted by molar-refractivity contribution is 9.10. The number of hydrogen-bond acceptors (Lipinski definition) is 3. The van der Waals surface area contributed by atoms with Gasteiger partial charge >= 0.3 is 0 Å². The summed E-state index contributed by atoms with van der Waals surface area (Å²) >= 11 is 9.54. The first-order valence-corrected chi connectivity index (χ1v) is 9.02. The number of nitriles is 1. The summed E-state index contributed by atoms with van der Waals surface area (Å²) in [6.45, 7) is 0.450. The Labute approximate surface area is 160 Å². The SMILES string of the molecule is N#CC(CCc1cccc(Cl)c1)(Cn1cncn1)c1ccc(Br)cc1. The van der Waals surface area contributed by atoms with Crippen LogP contribution in [0, 0.1) is 11.3 Å². The molecule has 3 aromatic rings. The Morgan fingerprint density at radius 3 is 2.64 bits per heavy atom. The molecule has 1 atom stereocenters. The third-order valence-corrected chi connectivity index (χ3v) is 5.00. The van der Waals surface area contributed by atoms with Gasteiger partial charge in [-0.25, -0.2) is 4.98 Å². The highest BCUT2D eigenvalue weighted by atomic mass is 79.9. The van der Waals surface area contributed by atoms with Crippen molar-refractivity contribution in [2.75, 3.05) is 0 Å². The van der Waals surface area contributed by atoms with E-state index in [1.807, 2.05) is 48.5 Å². The Hall–Kier alpha value is -2.16. The van der Waals surface area contributed by atoms with Crippen LogP contribution in [0.25, 0.3) is 0 Å². The summed E-state index contributed by atoms with van der Waals surface area (Å²) in [7, 11) is 0. The zero-order valence-corrected chi connectivity index (χ0v) is 15.8. The quantitative estimate of drug-likeness (QED) is 0.582. The van der Waals surface area contributed by atoms with Gasteiger partial charge in [-0.3, -0.25) is 4.68 Å². The van der Waals surface area contributed by atoms with E-state index in [4.69, 9.17) is 11.6 Å². The van der Waals surface area contributed by atoms with Gasteiger partial charge in [0.15, 0.2) is 0 Å². The maximum absolute atomic E-state index is 10.1. The van der Waals surface area contributed by atoms with Crippen molar-refractivity contribution in [1.29, 1.82) is 5.26 Å². The van der Waals surface area contributed by atoms with E-state index in [9.17, 15) is 5.26 Å². The van der Waals surface area contributed by atoms with Crippen LogP contribution in [0.15, 0.2) is 65.7 Å². The van der Waals surface area contributed by atoms with Gasteiger partial charge in [0.2, 0.25) is 0 Å². The van der Waals surface area contributed by atoms with Gasteiger partial charge in [0.25, 0.3) is 0 Å². The molecule has 2 aromatic carbocycles. The number of nitrogens with zero attached hydrogens (tertiary/aromatic N) is 4. The maximum Gasteiger partial charge on any atom is 0.137 e. The van der Waals surface area contributed by atoms with Crippen LogP contribution in [-0.2, 0) is 18.4 Å². The molecule has 0 bridgehead atoms. The van der Waals surface area contributed by atoms with Crippen LogP contribution in [-0.4, -0.2) is 14.8 Å². The van der Waals surface area contributed by atoms with Gasteiger partial charge in [0.1, 0.15) is 18.1 Å². The predicted octanol–water partition coefficient (Wildman–Crippen LogP) is 4.79. The van der Waals surface area contributed by atoms with Crippen molar-refractivity contribution < 1.29 is 0 Å². The van der Waals surface area contributed by atoms with E-state index >= 15 is 0 Å². The van der Waals surface area contributed by atoms with Crippen molar-refractivity contribution in [3.8, 4) is 6.07 Å². The number of hydrogen-bond donors (Lipinski definition) is 0. The lowest BCUT2D eigenvalue weighted by Crippen LogP contribution is -2.31. The smallest absolute Gasteiger partial charge is 0.137 e. The molecule has 0 aliphatic rings. The molecule has 0 saturated heterocycles. The van der Waals surface area contributed by atoms with E-state index in [-0.39, 0.29) is 0 Å². The Morgan fingerprint density at radius 2 is 2.00 bits per heavy atom. The predicted molar refractivity (Wildman–Crippen MR) is 101 cm³/mol. The Morgan fingerprint density at radius 1 is 1.20 bits per heavy atom. The van der Waals surface area contributed by atoms with Crippen LogP contribution in [0.2, 0.25) is 5.02 Å². The molecule has 0 fully saturated rings. The van der Waals surface area contributed by atoms with Crippen molar-refractivity contribution in [2.24, 2.45) is 0 Å². The van der Waals surface area contributed by atoms with E-state index in [1.54, 1.807) is 11.0 Å². The normalized spacial score (nSPS) is 13.2. The van der Waals surface area contributed by atoms with Crippen molar-refractivity contribution in [3.05, 3.63) is 81.8 Å². The second-order valence-corrected chi connectivity index (χ2v) is 7.28. The van der Waals surface area contributed by atoms with Gasteiger partial charge in [-0.2, -0.15) is 10.4 Å². The zero-order chi connectivity index (χ0) is 17.7. The molecule has 25 heavy (non-hydrogen) atoms.